The Morgan fingerprint density at radius 2 is 1.94 bits per heavy atom. The van der Waals surface area contributed by atoms with Crippen LogP contribution in [-0.2, 0) is 5.54 Å². The molecule has 0 aromatic heterocycles. The topological polar surface area (TPSA) is 30.5 Å². The van der Waals surface area contributed by atoms with Crippen LogP contribution in [0.4, 0.5) is 8.78 Å². The van der Waals surface area contributed by atoms with Crippen molar-refractivity contribution in [3.8, 4) is 11.5 Å². The molecule has 100 valence electrons. The fourth-order valence-electron chi connectivity index (χ4n) is 2.44. The van der Waals surface area contributed by atoms with E-state index in [0.717, 1.165) is 19.4 Å². The minimum atomic E-state index is -0.803. The van der Waals surface area contributed by atoms with Gasteiger partial charge in [0.25, 0.3) is 0 Å². The monoisotopic (exact) mass is 257 g/mol. The first kappa shape index (κ1) is 13.1. The van der Waals surface area contributed by atoms with Crippen LogP contribution in [0.1, 0.15) is 25.3 Å². The van der Waals surface area contributed by atoms with Crippen molar-refractivity contribution in [2.45, 2.75) is 25.3 Å². The smallest absolute Gasteiger partial charge is 0.209 e. The number of benzene rings is 1. The highest BCUT2D eigenvalue weighted by Gasteiger charge is 2.35. The molecule has 0 aliphatic carbocycles. The van der Waals surface area contributed by atoms with Crippen LogP contribution < -0.4 is 14.8 Å². The number of ether oxygens (including phenoxy) is 2. The molecule has 1 unspecified atom stereocenters. The highest BCUT2D eigenvalue weighted by molar-refractivity contribution is 5.45. The zero-order chi connectivity index (χ0) is 13.3. The maximum Gasteiger partial charge on any atom is 0.209 e. The zero-order valence-electron chi connectivity index (χ0n) is 10.8. The van der Waals surface area contributed by atoms with Crippen LogP contribution in [0.2, 0.25) is 0 Å². The molecule has 0 radical (unpaired) electrons. The predicted octanol–water partition coefficient (Wildman–Crippen LogP) is 2.58. The first-order valence-corrected chi connectivity index (χ1v) is 5.89. The van der Waals surface area contributed by atoms with E-state index < -0.39 is 17.2 Å². The van der Waals surface area contributed by atoms with Crippen LogP contribution in [-0.4, -0.2) is 20.8 Å². The largest absolute Gasteiger partial charge is 0.494 e. The van der Waals surface area contributed by atoms with E-state index in [1.54, 1.807) is 0 Å². The first-order valence-electron chi connectivity index (χ1n) is 5.89. The van der Waals surface area contributed by atoms with Gasteiger partial charge in [-0.2, -0.15) is 4.39 Å². The van der Waals surface area contributed by atoms with Crippen molar-refractivity contribution in [1.29, 1.82) is 0 Å². The Morgan fingerprint density at radius 3 is 2.44 bits per heavy atom. The fraction of sp³-hybridized carbons (Fsp3) is 0.538. The normalized spacial score (nSPS) is 23.2. The van der Waals surface area contributed by atoms with Gasteiger partial charge in [0.1, 0.15) is 0 Å². The van der Waals surface area contributed by atoms with Gasteiger partial charge < -0.3 is 14.8 Å². The van der Waals surface area contributed by atoms with E-state index in [-0.39, 0.29) is 11.5 Å². The number of hydrogen-bond acceptors (Lipinski definition) is 3. The number of methoxy groups -OCH3 is 2. The highest BCUT2D eigenvalue weighted by Crippen LogP contribution is 2.40. The fourth-order valence-corrected chi connectivity index (χ4v) is 2.44. The molecule has 5 heteroatoms. The lowest BCUT2D eigenvalue weighted by atomic mass is 9.89. The lowest BCUT2D eigenvalue weighted by molar-refractivity contribution is 0.319. The van der Waals surface area contributed by atoms with Crippen LogP contribution in [0, 0.1) is 11.6 Å². The summed E-state index contributed by atoms with van der Waals surface area (Å²) in [4.78, 5) is 0. The maximum atomic E-state index is 14.3. The van der Waals surface area contributed by atoms with Crippen molar-refractivity contribution in [2.24, 2.45) is 0 Å². The van der Waals surface area contributed by atoms with Gasteiger partial charge >= 0.3 is 0 Å². The number of hydrogen-bond donors (Lipinski definition) is 1. The van der Waals surface area contributed by atoms with E-state index in [2.05, 4.69) is 5.32 Å². The van der Waals surface area contributed by atoms with Gasteiger partial charge in [0.05, 0.1) is 14.2 Å². The van der Waals surface area contributed by atoms with Gasteiger partial charge in [-0.15, -0.1) is 0 Å². The lowest BCUT2D eigenvalue weighted by Crippen LogP contribution is -2.34. The first-order chi connectivity index (χ1) is 8.53. The van der Waals surface area contributed by atoms with Crippen LogP contribution >= 0.6 is 0 Å². The molecule has 1 aliphatic rings. The van der Waals surface area contributed by atoms with Crippen LogP contribution in [0.15, 0.2) is 6.07 Å². The molecule has 1 aliphatic heterocycles. The molecule has 3 nitrogen and oxygen atoms in total. The lowest BCUT2D eigenvalue weighted by Gasteiger charge is -2.27. The molecule has 1 atom stereocenters. The summed E-state index contributed by atoms with van der Waals surface area (Å²) in [6, 6.07) is 1.41. The van der Waals surface area contributed by atoms with E-state index in [1.165, 1.54) is 20.3 Å². The van der Waals surface area contributed by atoms with Gasteiger partial charge in [0.2, 0.25) is 5.82 Å². The number of rotatable bonds is 3. The van der Waals surface area contributed by atoms with Gasteiger partial charge in [-0.25, -0.2) is 4.39 Å². The summed E-state index contributed by atoms with van der Waals surface area (Å²) in [6.07, 6.45) is 1.75. The van der Waals surface area contributed by atoms with E-state index in [0.29, 0.717) is 5.56 Å². The molecule has 18 heavy (non-hydrogen) atoms. The second-order valence-electron chi connectivity index (χ2n) is 4.65. The molecular formula is C13H17F2NO2. The third-order valence-electron chi connectivity index (χ3n) is 3.51. The molecule has 1 N–H and O–H groups in total. The number of nitrogens with one attached hydrogen (secondary N) is 1. The second kappa shape index (κ2) is 4.72. The Kier molecular flexibility index (Phi) is 3.43. The predicted molar refractivity (Wildman–Crippen MR) is 64.1 cm³/mol. The Labute approximate surface area is 105 Å². The highest BCUT2D eigenvalue weighted by atomic mass is 19.1. The van der Waals surface area contributed by atoms with E-state index >= 15 is 0 Å². The van der Waals surface area contributed by atoms with E-state index in [4.69, 9.17) is 9.47 Å². The summed E-state index contributed by atoms with van der Waals surface area (Å²) in [6.45, 7) is 2.72. The molecular weight excluding hydrogens is 240 g/mol. The van der Waals surface area contributed by atoms with Crippen molar-refractivity contribution >= 4 is 0 Å². The van der Waals surface area contributed by atoms with Crippen molar-refractivity contribution < 1.29 is 18.3 Å². The summed E-state index contributed by atoms with van der Waals surface area (Å²) in [5.41, 5.74) is -0.117. The molecule has 1 aromatic rings. The summed E-state index contributed by atoms with van der Waals surface area (Å²) < 4.78 is 37.8. The van der Waals surface area contributed by atoms with Crippen LogP contribution in [0.5, 0.6) is 11.5 Å². The Morgan fingerprint density at radius 1 is 1.22 bits per heavy atom. The standard InChI is InChI=1S/C13H17F2NO2/c1-13(5-4-6-16-13)8-7-9(17-2)11(15)12(18-3)10(8)14/h7,16H,4-6H2,1-3H3. The molecule has 0 bridgehead atoms. The third kappa shape index (κ3) is 1.92. The zero-order valence-corrected chi connectivity index (χ0v) is 10.8. The summed E-state index contributed by atoms with van der Waals surface area (Å²) in [5, 5.41) is 3.24. The summed E-state index contributed by atoms with van der Waals surface area (Å²) in [5.74, 6) is -1.85. The van der Waals surface area contributed by atoms with Crippen molar-refractivity contribution in [2.75, 3.05) is 20.8 Å². The van der Waals surface area contributed by atoms with Crippen molar-refractivity contribution in [3.63, 3.8) is 0 Å². The minimum absolute atomic E-state index is 0.00169. The minimum Gasteiger partial charge on any atom is -0.494 e. The summed E-state index contributed by atoms with van der Waals surface area (Å²) >= 11 is 0. The maximum absolute atomic E-state index is 14.3. The quantitative estimate of drug-likeness (QED) is 0.902. The van der Waals surface area contributed by atoms with Gasteiger partial charge in [-0.3, -0.25) is 0 Å². The van der Waals surface area contributed by atoms with Crippen LogP contribution in [0.25, 0.3) is 0 Å². The molecule has 0 saturated carbocycles. The molecule has 1 heterocycles. The van der Waals surface area contributed by atoms with Crippen LogP contribution in [0.3, 0.4) is 0 Å². The Hall–Kier alpha value is -1.36. The number of halogens is 2. The Balaban J connectivity index is 2.60. The average Bonchev–Trinajstić information content (AvgIpc) is 2.78. The van der Waals surface area contributed by atoms with Gasteiger partial charge in [0.15, 0.2) is 17.3 Å². The van der Waals surface area contributed by atoms with Gasteiger partial charge in [-0.1, -0.05) is 0 Å². The second-order valence-corrected chi connectivity index (χ2v) is 4.65. The molecule has 0 spiro atoms. The molecule has 1 saturated heterocycles. The molecule has 2 rings (SSSR count). The van der Waals surface area contributed by atoms with Crippen molar-refractivity contribution in [1.82, 2.24) is 5.32 Å². The van der Waals surface area contributed by atoms with Crippen molar-refractivity contribution in [3.05, 3.63) is 23.3 Å². The average molecular weight is 257 g/mol. The molecule has 0 amide bonds. The third-order valence-corrected chi connectivity index (χ3v) is 3.51. The molecule has 1 fully saturated rings. The SMILES string of the molecule is COc1cc(C2(C)CCCN2)c(F)c(OC)c1F. The Bertz CT molecular complexity index is 457. The van der Waals surface area contributed by atoms with Gasteiger partial charge in [-0.05, 0) is 32.4 Å². The van der Waals surface area contributed by atoms with E-state index in [1.807, 2.05) is 6.92 Å². The molecule has 1 aromatic carbocycles. The van der Waals surface area contributed by atoms with Gasteiger partial charge in [0, 0.05) is 11.1 Å². The summed E-state index contributed by atoms with van der Waals surface area (Å²) in [7, 11) is 2.60. The van der Waals surface area contributed by atoms with E-state index in [9.17, 15) is 8.78 Å².